The van der Waals surface area contributed by atoms with E-state index < -0.39 is 0 Å². The van der Waals surface area contributed by atoms with Crippen LogP contribution in [0.2, 0.25) is 0 Å². The van der Waals surface area contributed by atoms with Gasteiger partial charge in [-0.15, -0.1) is 0 Å². The first-order valence-electron chi connectivity index (χ1n) is 8.85. The van der Waals surface area contributed by atoms with Crippen LogP contribution in [0.15, 0.2) is 42.6 Å². The van der Waals surface area contributed by atoms with Crippen LogP contribution in [-0.2, 0) is 9.53 Å². The van der Waals surface area contributed by atoms with Crippen LogP contribution < -0.4 is 5.32 Å². The SMILES string of the molecule is C[C@@H](CCN1CCOCC1)NC(=O)/C=C/c1ccnc2ccccc12. The van der Waals surface area contributed by atoms with E-state index in [4.69, 9.17) is 4.74 Å². The topological polar surface area (TPSA) is 54.5 Å². The van der Waals surface area contributed by atoms with E-state index in [0.717, 1.165) is 55.7 Å². The molecule has 1 fully saturated rings. The summed E-state index contributed by atoms with van der Waals surface area (Å²) in [5.41, 5.74) is 1.94. The molecule has 5 heteroatoms. The summed E-state index contributed by atoms with van der Waals surface area (Å²) in [5.74, 6) is -0.0598. The van der Waals surface area contributed by atoms with E-state index in [1.165, 1.54) is 0 Å². The number of nitrogens with zero attached hydrogens (tertiary/aromatic N) is 2. The van der Waals surface area contributed by atoms with Gasteiger partial charge in [-0.3, -0.25) is 14.7 Å². The molecule has 0 bridgehead atoms. The van der Waals surface area contributed by atoms with Gasteiger partial charge in [0.2, 0.25) is 5.91 Å². The molecule has 25 heavy (non-hydrogen) atoms. The van der Waals surface area contributed by atoms with E-state index in [1.54, 1.807) is 12.3 Å². The zero-order valence-corrected chi connectivity index (χ0v) is 14.6. The van der Waals surface area contributed by atoms with Gasteiger partial charge in [-0.05, 0) is 37.1 Å². The molecule has 0 aliphatic carbocycles. The van der Waals surface area contributed by atoms with E-state index in [9.17, 15) is 4.79 Å². The molecule has 0 saturated carbocycles. The molecule has 0 unspecified atom stereocenters. The van der Waals surface area contributed by atoms with Crippen molar-refractivity contribution in [3.8, 4) is 0 Å². The summed E-state index contributed by atoms with van der Waals surface area (Å²) >= 11 is 0. The molecular formula is C20H25N3O2. The Morgan fingerprint density at radius 1 is 1.32 bits per heavy atom. The lowest BCUT2D eigenvalue weighted by atomic mass is 10.1. The molecule has 3 rings (SSSR count). The standard InChI is InChI=1S/C20H25N3O2/c1-16(9-11-23-12-14-25-15-13-23)22-20(24)7-6-17-8-10-21-19-5-3-2-4-18(17)19/h2-8,10,16H,9,11-15H2,1H3,(H,22,24)/b7-6+/t16-/m0/s1. The fourth-order valence-electron chi connectivity index (χ4n) is 2.99. The average Bonchev–Trinajstić information content (AvgIpc) is 2.65. The number of carbonyl (C=O) groups excluding carboxylic acids is 1. The van der Waals surface area contributed by atoms with Crippen molar-refractivity contribution in [3.05, 3.63) is 48.2 Å². The van der Waals surface area contributed by atoms with Gasteiger partial charge in [-0.25, -0.2) is 0 Å². The van der Waals surface area contributed by atoms with Crippen LogP contribution in [0.5, 0.6) is 0 Å². The summed E-state index contributed by atoms with van der Waals surface area (Å²) in [7, 11) is 0. The molecule has 1 aromatic heterocycles. The van der Waals surface area contributed by atoms with Crippen molar-refractivity contribution in [2.24, 2.45) is 0 Å². The molecule has 1 N–H and O–H groups in total. The lowest BCUT2D eigenvalue weighted by Crippen LogP contribution is -2.40. The summed E-state index contributed by atoms with van der Waals surface area (Å²) in [6, 6.07) is 10.0. The van der Waals surface area contributed by atoms with Crippen LogP contribution in [0.25, 0.3) is 17.0 Å². The fraction of sp³-hybridized carbons (Fsp3) is 0.400. The maximum Gasteiger partial charge on any atom is 0.244 e. The Morgan fingerprint density at radius 2 is 2.12 bits per heavy atom. The van der Waals surface area contributed by atoms with Crippen molar-refractivity contribution < 1.29 is 9.53 Å². The number of benzene rings is 1. The Morgan fingerprint density at radius 3 is 2.96 bits per heavy atom. The average molecular weight is 339 g/mol. The third kappa shape index (κ3) is 5.11. The predicted molar refractivity (Wildman–Crippen MR) is 100 cm³/mol. The van der Waals surface area contributed by atoms with Crippen LogP contribution >= 0.6 is 0 Å². The number of amides is 1. The lowest BCUT2D eigenvalue weighted by Gasteiger charge is -2.27. The first kappa shape index (κ1) is 17.6. The van der Waals surface area contributed by atoms with Crippen LogP contribution in [0.3, 0.4) is 0 Å². The minimum atomic E-state index is -0.0598. The summed E-state index contributed by atoms with van der Waals surface area (Å²) in [6.45, 7) is 6.62. The summed E-state index contributed by atoms with van der Waals surface area (Å²) in [4.78, 5) is 18.9. The van der Waals surface area contributed by atoms with Crippen LogP contribution in [0, 0.1) is 0 Å². The molecule has 1 atom stereocenters. The van der Waals surface area contributed by atoms with Crippen molar-refractivity contribution in [3.63, 3.8) is 0 Å². The van der Waals surface area contributed by atoms with E-state index in [1.807, 2.05) is 43.3 Å². The van der Waals surface area contributed by atoms with Crippen LogP contribution in [0.4, 0.5) is 0 Å². The van der Waals surface area contributed by atoms with Gasteiger partial charge >= 0.3 is 0 Å². The number of hydrogen-bond donors (Lipinski definition) is 1. The molecule has 1 saturated heterocycles. The number of fused-ring (bicyclic) bond motifs is 1. The van der Waals surface area contributed by atoms with Crippen molar-refractivity contribution in [2.75, 3.05) is 32.8 Å². The molecule has 1 aliphatic heterocycles. The third-order valence-corrected chi connectivity index (χ3v) is 4.47. The Hall–Kier alpha value is -2.24. The first-order valence-corrected chi connectivity index (χ1v) is 8.85. The summed E-state index contributed by atoms with van der Waals surface area (Å²) in [6.07, 6.45) is 6.17. The van der Waals surface area contributed by atoms with Crippen molar-refractivity contribution in [1.82, 2.24) is 15.2 Å². The van der Waals surface area contributed by atoms with Gasteiger partial charge in [0, 0.05) is 43.3 Å². The number of para-hydroxylation sites is 1. The second-order valence-electron chi connectivity index (χ2n) is 6.40. The number of nitrogens with one attached hydrogen (secondary N) is 1. The Balaban J connectivity index is 1.51. The van der Waals surface area contributed by atoms with Gasteiger partial charge in [0.05, 0.1) is 18.7 Å². The molecule has 2 heterocycles. The monoisotopic (exact) mass is 339 g/mol. The number of carbonyl (C=O) groups is 1. The van der Waals surface area contributed by atoms with Gasteiger partial charge in [-0.2, -0.15) is 0 Å². The third-order valence-electron chi connectivity index (χ3n) is 4.47. The van der Waals surface area contributed by atoms with Gasteiger partial charge < -0.3 is 10.1 Å². The number of hydrogen-bond acceptors (Lipinski definition) is 4. The van der Waals surface area contributed by atoms with Gasteiger partial charge in [0.15, 0.2) is 0 Å². The Labute approximate surface area is 148 Å². The summed E-state index contributed by atoms with van der Waals surface area (Å²) < 4.78 is 5.35. The van der Waals surface area contributed by atoms with E-state index in [0.29, 0.717) is 0 Å². The fourth-order valence-corrected chi connectivity index (χ4v) is 2.99. The molecule has 1 aliphatic rings. The van der Waals surface area contributed by atoms with Crippen molar-refractivity contribution >= 4 is 22.9 Å². The van der Waals surface area contributed by atoms with E-state index in [-0.39, 0.29) is 11.9 Å². The molecule has 0 radical (unpaired) electrons. The summed E-state index contributed by atoms with van der Waals surface area (Å²) in [5, 5.41) is 4.09. The normalized spacial score (nSPS) is 17.0. The van der Waals surface area contributed by atoms with E-state index in [2.05, 4.69) is 15.2 Å². The number of rotatable bonds is 6. The van der Waals surface area contributed by atoms with Crippen LogP contribution in [-0.4, -0.2) is 54.7 Å². The van der Waals surface area contributed by atoms with Crippen molar-refractivity contribution in [2.45, 2.75) is 19.4 Å². The minimum absolute atomic E-state index is 0.0598. The highest BCUT2D eigenvalue weighted by Crippen LogP contribution is 2.17. The maximum absolute atomic E-state index is 12.2. The molecule has 2 aromatic rings. The van der Waals surface area contributed by atoms with Gasteiger partial charge in [0.25, 0.3) is 0 Å². The minimum Gasteiger partial charge on any atom is -0.379 e. The molecule has 132 valence electrons. The number of aromatic nitrogens is 1. The molecule has 1 amide bonds. The highest BCUT2D eigenvalue weighted by Gasteiger charge is 2.12. The molecule has 1 aromatic carbocycles. The smallest absolute Gasteiger partial charge is 0.244 e. The quantitative estimate of drug-likeness (QED) is 0.822. The lowest BCUT2D eigenvalue weighted by molar-refractivity contribution is -0.117. The number of ether oxygens (including phenoxy) is 1. The number of morpholine rings is 1. The number of pyridine rings is 1. The highest BCUT2D eigenvalue weighted by molar-refractivity contribution is 5.95. The first-order chi connectivity index (χ1) is 12.2. The van der Waals surface area contributed by atoms with Gasteiger partial charge in [0.1, 0.15) is 0 Å². The highest BCUT2D eigenvalue weighted by atomic mass is 16.5. The molecule has 0 spiro atoms. The Kier molecular flexibility index (Phi) is 6.14. The molecular weight excluding hydrogens is 314 g/mol. The molecule has 5 nitrogen and oxygen atoms in total. The second kappa shape index (κ2) is 8.74. The Bertz CT molecular complexity index is 733. The predicted octanol–water partition coefficient (Wildman–Crippen LogP) is 2.47. The van der Waals surface area contributed by atoms with Crippen molar-refractivity contribution in [1.29, 1.82) is 0 Å². The second-order valence-corrected chi connectivity index (χ2v) is 6.40. The van der Waals surface area contributed by atoms with Gasteiger partial charge in [-0.1, -0.05) is 18.2 Å². The maximum atomic E-state index is 12.2. The van der Waals surface area contributed by atoms with Crippen LogP contribution in [0.1, 0.15) is 18.9 Å². The largest absolute Gasteiger partial charge is 0.379 e. The zero-order valence-electron chi connectivity index (χ0n) is 14.6. The van der Waals surface area contributed by atoms with E-state index >= 15 is 0 Å². The zero-order chi connectivity index (χ0) is 17.5.